The minimum Gasteiger partial charge on any atom is -0.452 e. The molecule has 29 heavy (non-hydrogen) atoms. The van der Waals surface area contributed by atoms with E-state index in [1.54, 1.807) is 0 Å². The number of benzene rings is 2. The third kappa shape index (κ3) is 3.99. The largest absolute Gasteiger partial charge is 0.452 e. The van der Waals surface area contributed by atoms with Crippen molar-refractivity contribution in [3.05, 3.63) is 70.9 Å². The Morgan fingerprint density at radius 1 is 1.14 bits per heavy atom. The molecule has 3 aromatic rings. The van der Waals surface area contributed by atoms with Crippen LogP contribution < -0.4 is 5.32 Å². The number of ether oxygens (including phenoxy) is 1. The van der Waals surface area contributed by atoms with E-state index in [1.165, 1.54) is 0 Å². The molecule has 1 aliphatic rings. The number of carbonyl (C=O) groups is 2. The average Bonchev–Trinajstić information content (AvgIpc) is 2.72. The van der Waals surface area contributed by atoms with Crippen LogP contribution >= 0.6 is 0 Å². The molecule has 1 aromatic heterocycles. The van der Waals surface area contributed by atoms with E-state index >= 15 is 0 Å². The van der Waals surface area contributed by atoms with Gasteiger partial charge < -0.3 is 10.1 Å². The first-order valence-corrected chi connectivity index (χ1v) is 9.96. The van der Waals surface area contributed by atoms with Gasteiger partial charge in [-0.05, 0) is 55.4 Å². The van der Waals surface area contributed by atoms with Crippen LogP contribution in [-0.4, -0.2) is 23.5 Å². The lowest BCUT2D eigenvalue weighted by molar-refractivity contribution is -0.119. The van der Waals surface area contributed by atoms with Crippen LogP contribution in [0.1, 0.15) is 40.5 Å². The van der Waals surface area contributed by atoms with Crippen molar-refractivity contribution in [2.45, 2.75) is 33.1 Å². The predicted molar refractivity (Wildman–Crippen MR) is 113 cm³/mol. The summed E-state index contributed by atoms with van der Waals surface area (Å²) in [6.45, 7) is 3.77. The number of para-hydroxylation sites is 2. The van der Waals surface area contributed by atoms with E-state index < -0.39 is 5.97 Å². The van der Waals surface area contributed by atoms with E-state index in [0.29, 0.717) is 17.2 Å². The molecule has 0 saturated heterocycles. The van der Waals surface area contributed by atoms with Crippen molar-refractivity contribution < 1.29 is 14.3 Å². The van der Waals surface area contributed by atoms with Crippen LogP contribution in [0.5, 0.6) is 0 Å². The van der Waals surface area contributed by atoms with Crippen LogP contribution in [0.15, 0.2) is 48.5 Å². The van der Waals surface area contributed by atoms with Gasteiger partial charge in [0.1, 0.15) is 0 Å². The lowest BCUT2D eigenvalue weighted by Gasteiger charge is -2.24. The number of aryl methyl sites for hydroxylation is 2. The second-order valence-electron chi connectivity index (χ2n) is 7.72. The molecule has 1 amide bonds. The number of anilines is 1. The van der Waals surface area contributed by atoms with E-state index in [4.69, 9.17) is 9.72 Å². The highest BCUT2D eigenvalue weighted by molar-refractivity contribution is 6.06. The highest BCUT2D eigenvalue weighted by Gasteiger charge is 2.26. The van der Waals surface area contributed by atoms with Crippen LogP contribution in [0.2, 0.25) is 0 Å². The average molecular weight is 388 g/mol. The Morgan fingerprint density at radius 2 is 1.90 bits per heavy atom. The fraction of sp³-hybridized carbons (Fsp3) is 0.292. The summed E-state index contributed by atoms with van der Waals surface area (Å²) in [6.07, 6.45) is 2.72. The number of aromatic nitrogens is 1. The van der Waals surface area contributed by atoms with Crippen molar-refractivity contribution in [2.75, 3.05) is 11.9 Å². The van der Waals surface area contributed by atoms with Gasteiger partial charge in [-0.15, -0.1) is 0 Å². The Bertz CT molecular complexity index is 1090. The first kappa shape index (κ1) is 19.1. The monoisotopic (exact) mass is 388 g/mol. The van der Waals surface area contributed by atoms with Gasteiger partial charge in [-0.1, -0.05) is 43.3 Å². The predicted octanol–water partition coefficient (Wildman–Crippen LogP) is 4.46. The molecule has 1 N–H and O–H groups in total. The molecule has 1 heterocycles. The van der Waals surface area contributed by atoms with Gasteiger partial charge in [0.05, 0.1) is 11.1 Å². The molecule has 0 unspecified atom stereocenters. The summed E-state index contributed by atoms with van der Waals surface area (Å²) in [5.74, 6) is -0.330. The van der Waals surface area contributed by atoms with Crippen molar-refractivity contribution in [3.63, 3.8) is 0 Å². The molecule has 0 aliphatic heterocycles. The standard InChI is InChI=1S/C24H24N2O3/c1-15-11-12-21-18(13-15)23(17-8-4-6-10-20(17)25-21)24(28)29-14-22(27)26-19-9-5-3-7-16(19)2/h3-10,15H,11-14H2,1-2H3,(H,26,27)/t15-/m1/s1. The van der Waals surface area contributed by atoms with Crippen molar-refractivity contribution in [3.8, 4) is 0 Å². The number of pyridine rings is 1. The van der Waals surface area contributed by atoms with E-state index in [-0.39, 0.29) is 12.5 Å². The number of nitrogens with one attached hydrogen (secondary N) is 1. The molecule has 4 rings (SSSR count). The smallest absolute Gasteiger partial charge is 0.339 e. The molecule has 148 valence electrons. The van der Waals surface area contributed by atoms with E-state index in [9.17, 15) is 9.59 Å². The van der Waals surface area contributed by atoms with Crippen molar-refractivity contribution >= 4 is 28.5 Å². The summed E-state index contributed by atoms with van der Waals surface area (Å²) in [7, 11) is 0. The maximum Gasteiger partial charge on any atom is 0.339 e. The lowest BCUT2D eigenvalue weighted by Crippen LogP contribution is -2.24. The summed E-state index contributed by atoms with van der Waals surface area (Å²) in [5, 5.41) is 3.58. The van der Waals surface area contributed by atoms with Crippen molar-refractivity contribution in [1.82, 2.24) is 4.98 Å². The SMILES string of the molecule is Cc1ccccc1NC(=O)COC(=O)c1c2c(nc3ccccc13)CC[C@@H](C)C2. The van der Waals surface area contributed by atoms with Gasteiger partial charge in [0.15, 0.2) is 6.61 Å². The number of hydrogen-bond donors (Lipinski definition) is 1. The number of hydrogen-bond acceptors (Lipinski definition) is 4. The molecule has 0 fully saturated rings. The van der Waals surface area contributed by atoms with Crippen molar-refractivity contribution in [2.24, 2.45) is 5.92 Å². The number of esters is 1. The molecule has 5 nitrogen and oxygen atoms in total. The van der Waals surface area contributed by atoms with Crippen LogP contribution in [0.25, 0.3) is 10.9 Å². The third-order valence-electron chi connectivity index (χ3n) is 5.46. The van der Waals surface area contributed by atoms with Crippen LogP contribution in [0, 0.1) is 12.8 Å². The molecule has 2 aromatic carbocycles. The topological polar surface area (TPSA) is 68.3 Å². The second-order valence-corrected chi connectivity index (χ2v) is 7.72. The molecule has 5 heteroatoms. The minimum atomic E-state index is -0.464. The zero-order valence-corrected chi connectivity index (χ0v) is 16.7. The van der Waals surface area contributed by atoms with Crippen molar-refractivity contribution in [1.29, 1.82) is 0 Å². The number of fused-ring (bicyclic) bond motifs is 2. The van der Waals surface area contributed by atoms with Gasteiger partial charge in [0.25, 0.3) is 5.91 Å². The molecule has 1 atom stereocenters. The molecule has 0 bridgehead atoms. The number of carbonyl (C=O) groups excluding carboxylic acids is 2. The summed E-state index contributed by atoms with van der Waals surface area (Å²) < 4.78 is 5.43. The first-order chi connectivity index (χ1) is 14.0. The molecular weight excluding hydrogens is 364 g/mol. The highest BCUT2D eigenvalue weighted by atomic mass is 16.5. The number of amides is 1. The molecule has 0 radical (unpaired) electrons. The van der Waals surface area contributed by atoms with Crippen LogP contribution in [0.3, 0.4) is 0 Å². The summed E-state index contributed by atoms with van der Waals surface area (Å²) in [4.78, 5) is 30.1. The van der Waals surface area contributed by atoms with Crippen LogP contribution in [0.4, 0.5) is 5.69 Å². The molecule has 0 saturated carbocycles. The van der Waals surface area contributed by atoms with Gasteiger partial charge >= 0.3 is 5.97 Å². The van der Waals surface area contributed by atoms with Gasteiger partial charge in [0, 0.05) is 16.8 Å². The summed E-state index contributed by atoms with van der Waals surface area (Å²) in [6, 6.07) is 15.1. The van der Waals surface area contributed by atoms with Crippen LogP contribution in [-0.2, 0) is 22.4 Å². The fourth-order valence-corrected chi connectivity index (χ4v) is 3.90. The first-order valence-electron chi connectivity index (χ1n) is 9.96. The van der Waals surface area contributed by atoms with Gasteiger partial charge in [-0.2, -0.15) is 0 Å². The van der Waals surface area contributed by atoms with Gasteiger partial charge in [0.2, 0.25) is 0 Å². The Labute approximate surface area is 170 Å². The zero-order valence-electron chi connectivity index (χ0n) is 16.7. The van der Waals surface area contributed by atoms with E-state index in [0.717, 1.165) is 47.0 Å². The molecular formula is C24H24N2O3. The third-order valence-corrected chi connectivity index (χ3v) is 5.46. The van der Waals surface area contributed by atoms with E-state index in [2.05, 4.69) is 12.2 Å². The molecule has 0 spiro atoms. The zero-order chi connectivity index (χ0) is 20.4. The lowest BCUT2D eigenvalue weighted by atomic mass is 9.84. The fourth-order valence-electron chi connectivity index (χ4n) is 3.90. The Hall–Kier alpha value is -3.21. The highest BCUT2D eigenvalue weighted by Crippen LogP contribution is 2.32. The maximum atomic E-state index is 13.0. The summed E-state index contributed by atoms with van der Waals surface area (Å²) >= 11 is 0. The number of nitrogens with zero attached hydrogens (tertiary/aromatic N) is 1. The molecule has 1 aliphatic carbocycles. The van der Waals surface area contributed by atoms with Gasteiger partial charge in [-0.3, -0.25) is 9.78 Å². The quantitative estimate of drug-likeness (QED) is 0.670. The Morgan fingerprint density at radius 3 is 2.72 bits per heavy atom. The minimum absolute atomic E-state index is 0.325. The summed E-state index contributed by atoms with van der Waals surface area (Å²) in [5.41, 5.74) is 4.95. The van der Waals surface area contributed by atoms with Gasteiger partial charge in [-0.25, -0.2) is 4.79 Å². The Balaban J connectivity index is 1.57. The maximum absolute atomic E-state index is 13.0. The van der Waals surface area contributed by atoms with E-state index in [1.807, 2.05) is 55.5 Å². The second kappa shape index (κ2) is 8.03. The number of rotatable bonds is 4. The Kier molecular flexibility index (Phi) is 5.30. The normalized spacial score (nSPS) is 15.6.